The van der Waals surface area contributed by atoms with E-state index in [1.807, 2.05) is 39.5 Å². The van der Waals surface area contributed by atoms with E-state index in [1.54, 1.807) is 0 Å². The highest BCUT2D eigenvalue weighted by Crippen LogP contribution is 2.38. The van der Waals surface area contributed by atoms with Gasteiger partial charge in [0.2, 0.25) is 11.8 Å². The van der Waals surface area contributed by atoms with Gasteiger partial charge in [0, 0.05) is 6.04 Å². The van der Waals surface area contributed by atoms with Gasteiger partial charge in [0.05, 0.1) is 0 Å². The quantitative estimate of drug-likeness (QED) is 0.861. The van der Waals surface area contributed by atoms with Crippen molar-refractivity contribution in [1.29, 1.82) is 0 Å². The predicted octanol–water partition coefficient (Wildman–Crippen LogP) is 2.18. The van der Waals surface area contributed by atoms with Crippen molar-refractivity contribution in [2.45, 2.75) is 72.5 Å². The van der Waals surface area contributed by atoms with Gasteiger partial charge in [-0.05, 0) is 37.0 Å². The molecule has 2 fully saturated rings. The minimum atomic E-state index is -0.411. The van der Waals surface area contributed by atoms with Crippen molar-refractivity contribution in [1.82, 2.24) is 10.2 Å². The predicted molar refractivity (Wildman–Crippen MR) is 79.0 cm³/mol. The summed E-state index contributed by atoms with van der Waals surface area (Å²) >= 11 is 0. The molecule has 3 atom stereocenters. The molecule has 114 valence electrons. The zero-order valence-electron chi connectivity index (χ0n) is 13.6. The van der Waals surface area contributed by atoms with Crippen molar-refractivity contribution in [3.63, 3.8) is 0 Å². The number of rotatable bonds is 3. The van der Waals surface area contributed by atoms with Crippen LogP contribution in [0.3, 0.4) is 0 Å². The van der Waals surface area contributed by atoms with Crippen molar-refractivity contribution >= 4 is 11.8 Å². The molecular formula is C16H28N2O2. The minimum Gasteiger partial charge on any atom is -0.342 e. The Kier molecular flexibility index (Phi) is 3.87. The Labute approximate surface area is 122 Å². The Bertz CT molecular complexity index is 407. The van der Waals surface area contributed by atoms with E-state index in [2.05, 4.69) is 12.2 Å². The number of nitrogens with one attached hydrogen (secondary N) is 1. The number of carbonyl (C=O) groups is 2. The second-order valence-electron chi connectivity index (χ2n) is 7.82. The van der Waals surface area contributed by atoms with E-state index in [0.717, 1.165) is 0 Å². The molecule has 4 nitrogen and oxygen atoms in total. The highest BCUT2D eigenvalue weighted by atomic mass is 16.2. The van der Waals surface area contributed by atoms with E-state index in [4.69, 9.17) is 0 Å². The van der Waals surface area contributed by atoms with Gasteiger partial charge in [-0.2, -0.15) is 0 Å². The van der Waals surface area contributed by atoms with Gasteiger partial charge in [0.25, 0.3) is 0 Å². The zero-order valence-corrected chi connectivity index (χ0v) is 13.6. The van der Waals surface area contributed by atoms with E-state index in [9.17, 15) is 9.59 Å². The van der Waals surface area contributed by atoms with Crippen LogP contribution in [0.4, 0.5) is 0 Å². The molecule has 2 amide bonds. The molecule has 0 bridgehead atoms. The van der Waals surface area contributed by atoms with E-state index < -0.39 is 6.04 Å². The molecule has 0 radical (unpaired) electrons. The third-order valence-corrected chi connectivity index (χ3v) is 4.60. The van der Waals surface area contributed by atoms with Crippen LogP contribution in [0.25, 0.3) is 0 Å². The molecule has 4 heteroatoms. The lowest BCUT2D eigenvalue weighted by Crippen LogP contribution is -2.69. The summed E-state index contributed by atoms with van der Waals surface area (Å²) in [7, 11) is 0. The maximum absolute atomic E-state index is 12.9. The molecule has 2 aliphatic rings. The maximum atomic E-state index is 12.9. The van der Waals surface area contributed by atoms with Gasteiger partial charge in [-0.3, -0.25) is 9.59 Å². The number of nitrogens with zero attached hydrogens (tertiary/aromatic N) is 1. The summed E-state index contributed by atoms with van der Waals surface area (Å²) in [6.07, 6.45) is 2.36. The van der Waals surface area contributed by atoms with Crippen molar-refractivity contribution in [2.75, 3.05) is 0 Å². The number of hydrogen-bond donors (Lipinski definition) is 1. The average Bonchev–Trinajstić information content (AvgIpc) is 3.12. The molecular weight excluding hydrogens is 252 g/mol. The average molecular weight is 280 g/mol. The van der Waals surface area contributed by atoms with E-state index >= 15 is 0 Å². The van der Waals surface area contributed by atoms with Crippen LogP contribution in [-0.2, 0) is 9.59 Å². The van der Waals surface area contributed by atoms with Gasteiger partial charge in [-0.1, -0.05) is 34.6 Å². The highest BCUT2D eigenvalue weighted by Gasteiger charge is 2.49. The second kappa shape index (κ2) is 5.05. The number of amides is 2. The third kappa shape index (κ3) is 2.70. The molecule has 0 aromatic carbocycles. The maximum Gasteiger partial charge on any atom is 0.246 e. The molecule has 1 saturated carbocycles. The fraction of sp³-hybridized carbons (Fsp3) is 0.875. The molecule has 1 saturated heterocycles. The fourth-order valence-corrected chi connectivity index (χ4v) is 3.17. The largest absolute Gasteiger partial charge is 0.342 e. The minimum absolute atomic E-state index is 0.00650. The first-order valence-electron chi connectivity index (χ1n) is 7.77. The Hall–Kier alpha value is -1.06. The Morgan fingerprint density at radius 3 is 2.10 bits per heavy atom. The summed E-state index contributed by atoms with van der Waals surface area (Å²) in [4.78, 5) is 27.3. The van der Waals surface area contributed by atoms with Crippen molar-refractivity contribution in [3.05, 3.63) is 0 Å². The normalized spacial score (nSPS) is 29.6. The number of hydrogen-bond acceptors (Lipinski definition) is 2. The highest BCUT2D eigenvalue weighted by molar-refractivity contribution is 5.97. The van der Waals surface area contributed by atoms with Crippen molar-refractivity contribution in [3.8, 4) is 0 Å². The molecule has 1 N–H and O–H groups in total. The van der Waals surface area contributed by atoms with Crippen LogP contribution in [0.1, 0.15) is 54.4 Å². The van der Waals surface area contributed by atoms with Crippen molar-refractivity contribution < 1.29 is 9.59 Å². The van der Waals surface area contributed by atoms with Gasteiger partial charge in [0.1, 0.15) is 12.1 Å². The standard InChI is InChI=1S/C16H28N2O2/c1-9(2)12-14(19)17-13(16(4,5)6)15(20)18(12)10(3)11-7-8-11/h9-13H,7-8H2,1-6H3,(H,17,19). The molecule has 2 rings (SSSR count). The van der Waals surface area contributed by atoms with E-state index in [1.165, 1.54) is 12.8 Å². The van der Waals surface area contributed by atoms with Crippen LogP contribution in [-0.4, -0.2) is 34.8 Å². The summed E-state index contributed by atoms with van der Waals surface area (Å²) < 4.78 is 0. The molecule has 1 aliphatic carbocycles. The Balaban J connectivity index is 2.33. The van der Waals surface area contributed by atoms with E-state index in [0.29, 0.717) is 5.92 Å². The molecule has 20 heavy (non-hydrogen) atoms. The van der Waals surface area contributed by atoms with Crippen LogP contribution < -0.4 is 5.32 Å². The molecule has 0 aromatic heterocycles. The van der Waals surface area contributed by atoms with Crippen molar-refractivity contribution in [2.24, 2.45) is 17.3 Å². The lowest BCUT2D eigenvalue weighted by Gasteiger charge is -2.47. The smallest absolute Gasteiger partial charge is 0.246 e. The van der Waals surface area contributed by atoms with Crippen LogP contribution in [0.2, 0.25) is 0 Å². The summed E-state index contributed by atoms with van der Waals surface area (Å²) in [6.45, 7) is 12.1. The van der Waals surface area contributed by atoms with E-state index in [-0.39, 0.29) is 35.2 Å². The topological polar surface area (TPSA) is 49.4 Å². The Morgan fingerprint density at radius 1 is 1.15 bits per heavy atom. The lowest BCUT2D eigenvalue weighted by molar-refractivity contribution is -0.157. The summed E-state index contributed by atoms with van der Waals surface area (Å²) in [5.41, 5.74) is -0.254. The van der Waals surface area contributed by atoms with Crippen LogP contribution in [0.15, 0.2) is 0 Å². The van der Waals surface area contributed by atoms with Crippen LogP contribution >= 0.6 is 0 Å². The summed E-state index contributed by atoms with van der Waals surface area (Å²) in [6, 6.07) is -0.561. The Morgan fingerprint density at radius 2 is 1.70 bits per heavy atom. The zero-order chi connectivity index (χ0) is 15.2. The van der Waals surface area contributed by atoms with Gasteiger partial charge in [0.15, 0.2) is 0 Å². The summed E-state index contributed by atoms with van der Waals surface area (Å²) in [5.74, 6) is 0.815. The molecule has 0 spiro atoms. The van der Waals surface area contributed by atoms with Gasteiger partial charge in [-0.25, -0.2) is 0 Å². The molecule has 3 unspecified atom stereocenters. The second-order valence-corrected chi connectivity index (χ2v) is 7.82. The third-order valence-electron chi connectivity index (χ3n) is 4.60. The first kappa shape index (κ1) is 15.3. The van der Waals surface area contributed by atoms with Gasteiger partial charge < -0.3 is 10.2 Å². The SMILES string of the molecule is CC(C)C1C(=O)NC(C(C)(C)C)C(=O)N1C(C)C1CC1. The number of piperazine rings is 1. The fourth-order valence-electron chi connectivity index (χ4n) is 3.17. The molecule has 1 heterocycles. The molecule has 0 aromatic rings. The van der Waals surface area contributed by atoms with Gasteiger partial charge in [-0.15, -0.1) is 0 Å². The number of carbonyl (C=O) groups excluding carboxylic acids is 2. The van der Waals surface area contributed by atoms with Gasteiger partial charge >= 0.3 is 0 Å². The van der Waals surface area contributed by atoms with Crippen LogP contribution in [0, 0.1) is 17.3 Å². The summed E-state index contributed by atoms with van der Waals surface area (Å²) in [5, 5.41) is 2.95. The molecule has 1 aliphatic heterocycles. The monoisotopic (exact) mass is 280 g/mol. The van der Waals surface area contributed by atoms with Crippen LogP contribution in [0.5, 0.6) is 0 Å². The first-order valence-corrected chi connectivity index (χ1v) is 7.77. The lowest BCUT2D eigenvalue weighted by atomic mass is 9.82. The first-order chi connectivity index (χ1) is 9.14.